The summed E-state index contributed by atoms with van der Waals surface area (Å²) in [6.45, 7) is 0. The van der Waals surface area contributed by atoms with Crippen LogP contribution < -0.4 is 20.6 Å². The molecule has 11 nitrogen and oxygen atoms in total. The van der Waals surface area contributed by atoms with Crippen LogP contribution >= 0.6 is 24.4 Å². The molecular weight excluding hydrogens is 566 g/mol. The van der Waals surface area contributed by atoms with Gasteiger partial charge in [-0.3, -0.25) is 33.7 Å². The van der Waals surface area contributed by atoms with Gasteiger partial charge in [0, 0.05) is 6.20 Å². The van der Waals surface area contributed by atoms with Crippen LogP contribution in [0, 0.1) is 9.54 Å². The number of aromatic hydroxyl groups is 2. The molecule has 0 saturated carbocycles. The molecule has 3 heterocycles. The standard InChI is InChI=1S/C28H23N5O6S2/c1-38-17-10-6-15(7-11-17)32-25(36)21(23(34)30-27(32)40)20(19-5-3-4-14-29-19)22-24(35)31-28(41)33(26(22)37)16-8-12-18(39-2)13-9-16/h3-14,20,36-37H,1-2H3,(H,30,34,40)(H,31,35,41). The van der Waals surface area contributed by atoms with E-state index < -0.39 is 28.8 Å². The molecule has 0 unspecified atom stereocenters. The molecule has 0 aliphatic rings. The summed E-state index contributed by atoms with van der Waals surface area (Å²) >= 11 is 10.8. The van der Waals surface area contributed by atoms with Crippen LogP contribution in [0.5, 0.6) is 23.3 Å². The maximum absolute atomic E-state index is 13.5. The molecule has 0 aliphatic carbocycles. The summed E-state index contributed by atoms with van der Waals surface area (Å²) in [5.41, 5.74) is -1.06. The third kappa shape index (κ3) is 5.03. The van der Waals surface area contributed by atoms with E-state index in [0.29, 0.717) is 22.9 Å². The number of ether oxygens (including phenoxy) is 2. The highest BCUT2D eigenvalue weighted by Crippen LogP contribution is 2.37. The monoisotopic (exact) mass is 589 g/mol. The van der Waals surface area contributed by atoms with Crippen LogP contribution in [0.3, 0.4) is 0 Å². The van der Waals surface area contributed by atoms with Crippen molar-refractivity contribution >= 4 is 24.4 Å². The van der Waals surface area contributed by atoms with Gasteiger partial charge in [-0.1, -0.05) is 6.07 Å². The van der Waals surface area contributed by atoms with Gasteiger partial charge in [-0.05, 0) is 85.1 Å². The maximum atomic E-state index is 13.5. The fourth-order valence-corrected chi connectivity index (χ4v) is 5.10. The normalized spacial score (nSPS) is 11.0. The number of hydrogen-bond acceptors (Lipinski definition) is 9. The number of hydrogen-bond donors (Lipinski definition) is 4. The summed E-state index contributed by atoms with van der Waals surface area (Å²) < 4.78 is 12.7. The zero-order valence-corrected chi connectivity index (χ0v) is 23.3. The van der Waals surface area contributed by atoms with Crippen molar-refractivity contribution in [3.05, 3.63) is 120 Å². The van der Waals surface area contributed by atoms with Crippen LogP contribution in [0.25, 0.3) is 11.4 Å². The molecule has 2 aromatic carbocycles. The molecule has 0 bridgehead atoms. The molecule has 0 amide bonds. The van der Waals surface area contributed by atoms with Gasteiger partial charge in [0.15, 0.2) is 9.54 Å². The number of nitrogens with one attached hydrogen (secondary N) is 2. The summed E-state index contributed by atoms with van der Waals surface area (Å²) in [4.78, 5) is 36.4. The lowest BCUT2D eigenvalue weighted by molar-refractivity contribution is 0.410. The quantitative estimate of drug-likeness (QED) is 0.206. The first-order chi connectivity index (χ1) is 19.7. The zero-order chi connectivity index (χ0) is 29.3. The first kappa shape index (κ1) is 27.6. The van der Waals surface area contributed by atoms with Crippen molar-refractivity contribution in [2.45, 2.75) is 5.92 Å². The number of pyridine rings is 1. The average molecular weight is 590 g/mol. The molecule has 0 saturated heterocycles. The topological polar surface area (TPSA) is 147 Å². The molecule has 3 aromatic heterocycles. The molecule has 0 aliphatic heterocycles. The van der Waals surface area contributed by atoms with Gasteiger partial charge in [-0.2, -0.15) is 0 Å². The van der Waals surface area contributed by atoms with Crippen LogP contribution in [0.15, 0.2) is 82.5 Å². The Hall–Kier alpha value is -5.01. The third-order valence-electron chi connectivity index (χ3n) is 6.46. The lowest BCUT2D eigenvalue weighted by Gasteiger charge is -2.22. The van der Waals surface area contributed by atoms with E-state index >= 15 is 0 Å². The van der Waals surface area contributed by atoms with Crippen molar-refractivity contribution in [1.82, 2.24) is 24.1 Å². The van der Waals surface area contributed by atoms with E-state index in [4.69, 9.17) is 33.9 Å². The van der Waals surface area contributed by atoms with Gasteiger partial charge in [0.05, 0.1) is 48.3 Å². The van der Waals surface area contributed by atoms with E-state index in [-0.39, 0.29) is 26.4 Å². The van der Waals surface area contributed by atoms with E-state index in [1.54, 1.807) is 66.7 Å². The minimum atomic E-state index is -1.34. The van der Waals surface area contributed by atoms with Gasteiger partial charge in [0.1, 0.15) is 11.5 Å². The Labute approximate surface area is 242 Å². The Bertz CT molecular complexity index is 1840. The fourth-order valence-electron chi connectivity index (χ4n) is 4.53. The molecule has 208 valence electrons. The van der Waals surface area contributed by atoms with E-state index in [1.165, 1.54) is 29.6 Å². The molecular formula is C28H23N5O6S2. The molecule has 5 aromatic rings. The van der Waals surface area contributed by atoms with Gasteiger partial charge in [-0.15, -0.1) is 0 Å². The molecule has 13 heteroatoms. The summed E-state index contributed by atoms with van der Waals surface area (Å²) in [7, 11) is 3.04. The second-order valence-electron chi connectivity index (χ2n) is 8.75. The van der Waals surface area contributed by atoms with Crippen molar-refractivity contribution in [2.24, 2.45) is 0 Å². The molecule has 4 N–H and O–H groups in total. The lowest BCUT2D eigenvalue weighted by atomic mass is 9.90. The molecule has 0 fully saturated rings. The highest BCUT2D eigenvalue weighted by Gasteiger charge is 2.33. The summed E-state index contributed by atoms with van der Waals surface area (Å²) in [5.74, 6) is -1.30. The van der Waals surface area contributed by atoms with Crippen molar-refractivity contribution in [3.63, 3.8) is 0 Å². The van der Waals surface area contributed by atoms with Crippen molar-refractivity contribution < 1.29 is 19.7 Å². The summed E-state index contributed by atoms with van der Waals surface area (Å²) in [5, 5.41) is 23.2. The number of nitrogens with zero attached hydrogens (tertiary/aromatic N) is 3. The number of aromatic amines is 2. The van der Waals surface area contributed by atoms with Gasteiger partial charge >= 0.3 is 0 Å². The molecule has 5 rings (SSSR count). The minimum absolute atomic E-state index is 0.0893. The van der Waals surface area contributed by atoms with Crippen molar-refractivity contribution in [1.29, 1.82) is 0 Å². The maximum Gasteiger partial charge on any atom is 0.259 e. The Morgan fingerprint density at radius 2 is 1.17 bits per heavy atom. The van der Waals surface area contributed by atoms with Gasteiger partial charge in [0.2, 0.25) is 11.8 Å². The first-order valence-corrected chi connectivity index (χ1v) is 12.9. The second-order valence-corrected chi connectivity index (χ2v) is 9.52. The zero-order valence-electron chi connectivity index (χ0n) is 21.7. The minimum Gasteiger partial charge on any atom is -0.497 e. The Balaban J connectivity index is 1.83. The predicted octanol–water partition coefficient (Wildman–Crippen LogP) is 4.11. The van der Waals surface area contributed by atoms with E-state index in [9.17, 15) is 19.8 Å². The SMILES string of the molecule is COc1ccc(-n2c(O)c(C(c3ccccn3)c3c(O)n(-c4ccc(OC)cc4)c(=S)[nH]c3=O)c(=O)[nH]c2=S)cc1. The average Bonchev–Trinajstić information content (AvgIpc) is 2.97. The largest absolute Gasteiger partial charge is 0.497 e. The van der Waals surface area contributed by atoms with E-state index in [2.05, 4.69) is 15.0 Å². The predicted molar refractivity (Wildman–Crippen MR) is 156 cm³/mol. The fraction of sp³-hybridized carbons (Fsp3) is 0.107. The lowest BCUT2D eigenvalue weighted by Crippen LogP contribution is -2.28. The van der Waals surface area contributed by atoms with Gasteiger partial charge in [-0.25, -0.2) is 0 Å². The first-order valence-electron chi connectivity index (χ1n) is 12.1. The molecule has 41 heavy (non-hydrogen) atoms. The van der Waals surface area contributed by atoms with Crippen LogP contribution in [0.4, 0.5) is 0 Å². The van der Waals surface area contributed by atoms with E-state index in [0.717, 1.165) is 0 Å². The number of rotatable bonds is 7. The highest BCUT2D eigenvalue weighted by molar-refractivity contribution is 7.71. The molecule has 0 radical (unpaired) electrons. The Morgan fingerprint density at radius 1 is 0.732 bits per heavy atom. The van der Waals surface area contributed by atoms with Gasteiger partial charge in [0.25, 0.3) is 11.1 Å². The molecule has 0 atom stereocenters. The third-order valence-corrected chi connectivity index (χ3v) is 7.03. The second kappa shape index (κ2) is 11.2. The number of benzene rings is 2. The Kier molecular flexibility index (Phi) is 7.55. The van der Waals surface area contributed by atoms with Crippen LogP contribution in [0.1, 0.15) is 22.7 Å². The number of aromatic nitrogens is 5. The highest BCUT2D eigenvalue weighted by atomic mass is 32.1. The van der Waals surface area contributed by atoms with E-state index in [1.807, 2.05) is 0 Å². The van der Waals surface area contributed by atoms with Crippen molar-refractivity contribution in [2.75, 3.05) is 14.2 Å². The summed E-state index contributed by atoms with van der Waals surface area (Å²) in [6, 6.07) is 18.1. The number of methoxy groups -OCH3 is 2. The smallest absolute Gasteiger partial charge is 0.259 e. The summed E-state index contributed by atoms with van der Waals surface area (Å²) in [6.07, 6.45) is 1.47. The molecule has 0 spiro atoms. The van der Waals surface area contributed by atoms with Crippen molar-refractivity contribution in [3.8, 4) is 34.6 Å². The van der Waals surface area contributed by atoms with Gasteiger partial charge < -0.3 is 19.7 Å². The van der Waals surface area contributed by atoms with Crippen LogP contribution in [-0.4, -0.2) is 48.5 Å². The Morgan fingerprint density at radius 3 is 1.54 bits per heavy atom. The van der Waals surface area contributed by atoms with Crippen LogP contribution in [0.2, 0.25) is 0 Å². The number of H-pyrrole nitrogens is 2. The van der Waals surface area contributed by atoms with Crippen LogP contribution in [-0.2, 0) is 0 Å².